The molecule has 0 saturated heterocycles. The molecule has 0 aromatic carbocycles. The first-order valence-electron chi connectivity index (χ1n) is 8.44. The van der Waals surface area contributed by atoms with Crippen LogP contribution < -0.4 is 8.61 Å². The molecule has 1 aromatic rings. The van der Waals surface area contributed by atoms with Gasteiger partial charge >= 0.3 is 166 Å². The van der Waals surface area contributed by atoms with Crippen molar-refractivity contribution in [2.24, 2.45) is 0 Å². The summed E-state index contributed by atoms with van der Waals surface area (Å²) in [4.78, 5) is 34.5. The number of rotatable bonds is 2. The molecule has 1 rings (SSSR count). The van der Waals surface area contributed by atoms with Crippen molar-refractivity contribution in [3.63, 3.8) is 0 Å². The molecule has 26 heavy (non-hydrogen) atoms. The molecule has 0 atom stereocenters. The summed E-state index contributed by atoms with van der Waals surface area (Å²) in [6.07, 6.45) is -0.269. The molecule has 2 amide bonds. The average molecular weight is 470 g/mol. The van der Waals surface area contributed by atoms with Gasteiger partial charge in [-0.25, -0.2) is 0 Å². The van der Waals surface area contributed by atoms with E-state index in [2.05, 4.69) is 30.7 Å². The van der Waals surface area contributed by atoms with Crippen LogP contribution in [0, 0.1) is 0 Å². The molecule has 0 N–H and O–H groups in total. The van der Waals surface area contributed by atoms with Gasteiger partial charge in [0.05, 0.1) is 0 Å². The van der Waals surface area contributed by atoms with E-state index >= 15 is 0 Å². The zero-order chi connectivity index (χ0) is 20.3. The molecule has 0 unspecified atom stereocenters. The summed E-state index contributed by atoms with van der Waals surface area (Å²) < 4.78 is 11.8. The molecule has 0 aliphatic carbocycles. The summed E-state index contributed by atoms with van der Waals surface area (Å²) >= 11 is -1.04. The first kappa shape index (κ1) is 22.7. The van der Waals surface area contributed by atoms with Crippen molar-refractivity contribution < 1.29 is 19.1 Å². The van der Waals surface area contributed by atoms with Gasteiger partial charge < -0.3 is 0 Å². The summed E-state index contributed by atoms with van der Waals surface area (Å²) in [7, 11) is 0. The number of carbonyl (C=O) groups is 2. The van der Waals surface area contributed by atoms with Crippen LogP contribution in [0.5, 0.6) is 0 Å². The van der Waals surface area contributed by atoms with Gasteiger partial charge in [-0.05, 0) is 0 Å². The Kier molecular flexibility index (Phi) is 7.06. The van der Waals surface area contributed by atoms with E-state index in [4.69, 9.17) is 9.47 Å². The Balaban J connectivity index is 3.25. The Morgan fingerprint density at radius 3 is 1.73 bits per heavy atom. The van der Waals surface area contributed by atoms with E-state index in [1.54, 1.807) is 47.6 Å². The predicted octanol–water partition coefficient (Wildman–Crippen LogP) is 3.70. The minimum absolute atomic E-state index is 0.164. The maximum absolute atomic E-state index is 12.6. The number of carbonyl (C=O) groups excluding carboxylic acids is 2. The minimum atomic E-state index is -1.04. The zero-order valence-electron chi connectivity index (χ0n) is 17.1. The molecular weight excluding hydrogens is 441 g/mol. The van der Waals surface area contributed by atoms with Gasteiger partial charge in [0.2, 0.25) is 0 Å². The van der Waals surface area contributed by atoms with Gasteiger partial charge in [-0.2, -0.15) is 0 Å². The molecule has 7 nitrogen and oxygen atoms in total. The molecule has 8 heteroatoms. The van der Waals surface area contributed by atoms with Crippen LogP contribution in [0.15, 0.2) is 12.4 Å². The quantitative estimate of drug-likeness (QED) is 0.614. The van der Waals surface area contributed by atoms with Crippen molar-refractivity contribution >= 4 is 42.9 Å². The number of ether oxygens (including phenoxy) is 2. The maximum atomic E-state index is 12.6. The summed E-state index contributed by atoms with van der Waals surface area (Å²) in [5.74, 6) is 0.170. The summed E-state index contributed by atoms with van der Waals surface area (Å²) in [6, 6.07) is 1.69. The molecule has 0 bridgehead atoms. The van der Waals surface area contributed by atoms with Gasteiger partial charge in [-0.15, -0.1) is 0 Å². The van der Waals surface area contributed by atoms with Crippen molar-refractivity contribution in [3.05, 3.63) is 12.4 Å². The molecule has 144 valence electrons. The van der Waals surface area contributed by atoms with E-state index < -0.39 is 44.5 Å². The topological polar surface area (TPSA) is 81.6 Å². The Bertz CT molecular complexity index is 630. The Hall–Kier alpha value is -1.38. The van der Waals surface area contributed by atoms with Crippen LogP contribution in [-0.2, 0) is 9.47 Å². The van der Waals surface area contributed by atoms with Crippen LogP contribution in [0.4, 0.5) is 15.4 Å². The van der Waals surface area contributed by atoms with E-state index in [1.807, 2.05) is 0 Å². The number of nitrogens with zero attached hydrogens (tertiary/aromatic N) is 3. The molecule has 0 aliphatic rings. The van der Waals surface area contributed by atoms with Crippen molar-refractivity contribution in [2.45, 2.75) is 76.9 Å². The van der Waals surface area contributed by atoms with E-state index in [-0.39, 0.29) is 9.25 Å². The Morgan fingerprint density at radius 2 is 1.35 bits per heavy atom. The van der Waals surface area contributed by atoms with Crippen molar-refractivity contribution in [3.8, 4) is 0 Å². The normalized spacial score (nSPS) is 12.5. The third kappa shape index (κ3) is 8.33. The van der Waals surface area contributed by atoms with Crippen LogP contribution in [0.3, 0.4) is 0 Å². The Morgan fingerprint density at radius 1 is 0.885 bits per heavy atom. The molecule has 0 saturated carbocycles. The van der Waals surface area contributed by atoms with Crippen LogP contribution in [-0.4, -0.2) is 54.5 Å². The number of aromatic nitrogens is 2. The summed E-state index contributed by atoms with van der Waals surface area (Å²) in [5, 5.41) is 0. The van der Waals surface area contributed by atoms with Crippen molar-refractivity contribution in [1.82, 2.24) is 9.97 Å². The Labute approximate surface area is 166 Å². The van der Waals surface area contributed by atoms with Crippen molar-refractivity contribution in [2.75, 3.05) is 4.90 Å². The van der Waals surface area contributed by atoms with Crippen LogP contribution in [0.2, 0.25) is 3.43 Å². The molecule has 1 heterocycles. The molecule has 0 spiro atoms. The van der Waals surface area contributed by atoms with Gasteiger partial charge in [-0.3, -0.25) is 0 Å². The van der Waals surface area contributed by atoms with Crippen LogP contribution in [0.1, 0.15) is 62.3 Å². The first-order valence-corrected chi connectivity index (χ1v) is 11.3. The van der Waals surface area contributed by atoms with Crippen LogP contribution >= 0.6 is 0 Å². The third-order valence-corrected chi connectivity index (χ3v) is 6.19. The average Bonchev–Trinajstić information content (AvgIpc) is 2.32. The van der Waals surface area contributed by atoms with E-state index in [1.165, 1.54) is 6.33 Å². The van der Waals surface area contributed by atoms with Gasteiger partial charge in [0.1, 0.15) is 0 Å². The fourth-order valence-electron chi connectivity index (χ4n) is 1.80. The van der Waals surface area contributed by atoms with Gasteiger partial charge in [0.15, 0.2) is 0 Å². The van der Waals surface area contributed by atoms with E-state index in [9.17, 15) is 9.59 Å². The number of hydrogen-bond acceptors (Lipinski definition) is 6. The van der Waals surface area contributed by atoms with Gasteiger partial charge in [0.25, 0.3) is 0 Å². The second kappa shape index (κ2) is 8.10. The first-order chi connectivity index (χ1) is 11.6. The second-order valence-electron chi connectivity index (χ2n) is 8.93. The van der Waals surface area contributed by atoms with E-state index in [0.717, 1.165) is 8.61 Å². The monoisotopic (exact) mass is 471 g/mol. The second-order valence-corrected chi connectivity index (χ2v) is 15.4. The molecular formula is C18H29N3O4Sn. The van der Waals surface area contributed by atoms with Crippen LogP contribution in [0.25, 0.3) is 0 Å². The zero-order valence-corrected chi connectivity index (χ0v) is 20.0. The molecule has 0 aliphatic heterocycles. The summed E-state index contributed by atoms with van der Waals surface area (Å²) in [6.45, 7) is 16.9. The molecule has 1 aromatic heterocycles. The molecule has 2 radical (unpaired) electrons. The number of anilines is 1. The number of amides is 2. The number of imide groups is 1. The van der Waals surface area contributed by atoms with Gasteiger partial charge in [-0.1, -0.05) is 0 Å². The summed E-state index contributed by atoms with van der Waals surface area (Å²) in [5.41, 5.74) is -1.51. The number of hydrogen-bond donors (Lipinski definition) is 0. The fraction of sp³-hybridized carbons (Fsp3) is 0.667. The third-order valence-electron chi connectivity index (χ3n) is 2.54. The standard InChI is InChI=1S/C14H20N3O4.C4H9.Sn/c1-13(2,3)20-11(18)17(10-7-8-15-9-16-10)12(19)21-14(4,5)6;1-4(2)3;/h7,9H,1-6H3;1-3H3;. The van der Waals surface area contributed by atoms with E-state index in [0.29, 0.717) is 0 Å². The van der Waals surface area contributed by atoms with Gasteiger partial charge in [0, 0.05) is 0 Å². The SMILES string of the molecule is CC(C)(C)OC(=O)N(C(=O)OC(C)(C)C)c1c[c]([Sn][C](C)(C)C)ncn1. The molecule has 0 fully saturated rings. The predicted molar refractivity (Wildman–Crippen MR) is 102 cm³/mol. The fourth-order valence-corrected chi connectivity index (χ4v) is 4.92. The van der Waals surface area contributed by atoms with Crippen molar-refractivity contribution in [1.29, 1.82) is 0 Å².